The fraction of sp³-hybridized carbons (Fsp3) is 0.333. The monoisotopic (exact) mass is 216 g/mol. The molecule has 16 heavy (non-hydrogen) atoms. The summed E-state index contributed by atoms with van der Waals surface area (Å²) in [5, 5.41) is 3.06. The van der Waals surface area contributed by atoms with Crippen LogP contribution in [-0.2, 0) is 6.42 Å². The summed E-state index contributed by atoms with van der Waals surface area (Å²) in [4.78, 5) is 12.1. The lowest BCUT2D eigenvalue weighted by atomic mass is 10.2. The highest BCUT2D eigenvalue weighted by atomic mass is 15.0. The Morgan fingerprint density at radius 1 is 1.38 bits per heavy atom. The predicted octanol–water partition coefficient (Wildman–Crippen LogP) is 2.47. The highest BCUT2D eigenvalue weighted by molar-refractivity contribution is 5.58. The van der Waals surface area contributed by atoms with Crippen LogP contribution in [0.2, 0.25) is 0 Å². The van der Waals surface area contributed by atoms with E-state index in [0.29, 0.717) is 0 Å². The molecule has 0 aromatic carbocycles. The molecule has 2 aromatic heterocycles. The zero-order chi connectivity index (χ0) is 11.4. The number of hydrogen-bond acceptors (Lipinski definition) is 3. The van der Waals surface area contributed by atoms with E-state index in [1.807, 2.05) is 31.4 Å². The summed E-state index contributed by atoms with van der Waals surface area (Å²) in [6.07, 6.45) is 3.86. The first kappa shape index (κ1) is 10.7. The van der Waals surface area contributed by atoms with Crippen LogP contribution in [0.15, 0.2) is 24.4 Å². The Morgan fingerprint density at radius 2 is 2.25 bits per heavy atom. The van der Waals surface area contributed by atoms with Gasteiger partial charge in [0.15, 0.2) is 0 Å². The van der Waals surface area contributed by atoms with Crippen LogP contribution in [0.4, 0.5) is 5.82 Å². The standard InChI is InChI=1S/C12H16N4/c1-3-5-11-15-10(8-12(13-2)16-11)9-6-4-7-14-9/h4,6-8,14H,3,5H2,1-2H3,(H,13,15,16). The van der Waals surface area contributed by atoms with Crippen LogP contribution in [-0.4, -0.2) is 22.0 Å². The van der Waals surface area contributed by atoms with E-state index in [0.717, 1.165) is 35.9 Å². The third-order valence-electron chi connectivity index (χ3n) is 2.38. The maximum Gasteiger partial charge on any atom is 0.131 e. The second-order valence-electron chi connectivity index (χ2n) is 3.64. The topological polar surface area (TPSA) is 53.6 Å². The summed E-state index contributed by atoms with van der Waals surface area (Å²) in [6, 6.07) is 5.93. The minimum absolute atomic E-state index is 0.864. The maximum absolute atomic E-state index is 4.53. The van der Waals surface area contributed by atoms with Gasteiger partial charge in [0.2, 0.25) is 0 Å². The van der Waals surface area contributed by atoms with Crippen molar-refractivity contribution in [2.45, 2.75) is 19.8 Å². The highest BCUT2D eigenvalue weighted by Gasteiger charge is 2.05. The molecule has 0 amide bonds. The van der Waals surface area contributed by atoms with Gasteiger partial charge in [-0.25, -0.2) is 9.97 Å². The Hall–Kier alpha value is -1.84. The molecule has 0 spiro atoms. The minimum Gasteiger partial charge on any atom is -0.373 e. The molecule has 0 aliphatic heterocycles. The Balaban J connectivity index is 2.41. The summed E-state index contributed by atoms with van der Waals surface area (Å²) >= 11 is 0. The molecule has 0 atom stereocenters. The lowest BCUT2D eigenvalue weighted by Gasteiger charge is -2.06. The average Bonchev–Trinajstić information content (AvgIpc) is 2.82. The summed E-state index contributed by atoms with van der Waals surface area (Å²) in [5.74, 6) is 1.75. The van der Waals surface area contributed by atoms with Gasteiger partial charge in [0, 0.05) is 25.7 Å². The van der Waals surface area contributed by atoms with Gasteiger partial charge < -0.3 is 10.3 Å². The van der Waals surface area contributed by atoms with Crippen molar-refractivity contribution in [3.8, 4) is 11.4 Å². The van der Waals surface area contributed by atoms with Gasteiger partial charge in [0.1, 0.15) is 11.6 Å². The van der Waals surface area contributed by atoms with Gasteiger partial charge in [-0.05, 0) is 18.6 Å². The van der Waals surface area contributed by atoms with Crippen molar-refractivity contribution >= 4 is 5.82 Å². The van der Waals surface area contributed by atoms with E-state index in [9.17, 15) is 0 Å². The molecule has 2 heterocycles. The molecule has 4 nitrogen and oxygen atoms in total. The summed E-state index contributed by atoms with van der Waals surface area (Å²) in [5.41, 5.74) is 1.96. The lowest BCUT2D eigenvalue weighted by molar-refractivity contribution is 0.837. The zero-order valence-corrected chi connectivity index (χ0v) is 9.62. The van der Waals surface area contributed by atoms with Gasteiger partial charge in [0.25, 0.3) is 0 Å². The number of aromatic amines is 1. The molecule has 0 saturated heterocycles. The van der Waals surface area contributed by atoms with Crippen LogP contribution < -0.4 is 5.32 Å². The first-order chi connectivity index (χ1) is 7.83. The Bertz CT molecular complexity index is 448. The molecule has 84 valence electrons. The van der Waals surface area contributed by atoms with E-state index < -0.39 is 0 Å². The number of H-pyrrole nitrogens is 1. The molecule has 0 bridgehead atoms. The maximum atomic E-state index is 4.53. The van der Waals surface area contributed by atoms with E-state index in [1.165, 1.54) is 0 Å². The smallest absolute Gasteiger partial charge is 0.131 e. The predicted molar refractivity (Wildman–Crippen MR) is 65.4 cm³/mol. The zero-order valence-electron chi connectivity index (χ0n) is 9.62. The van der Waals surface area contributed by atoms with E-state index in [2.05, 4.69) is 27.2 Å². The molecule has 0 radical (unpaired) electrons. The van der Waals surface area contributed by atoms with Gasteiger partial charge >= 0.3 is 0 Å². The van der Waals surface area contributed by atoms with Gasteiger partial charge in [-0.2, -0.15) is 0 Å². The number of aromatic nitrogens is 3. The fourth-order valence-corrected chi connectivity index (χ4v) is 1.59. The fourth-order valence-electron chi connectivity index (χ4n) is 1.59. The highest BCUT2D eigenvalue weighted by Crippen LogP contribution is 2.18. The van der Waals surface area contributed by atoms with Gasteiger partial charge in [-0.15, -0.1) is 0 Å². The molecule has 0 saturated carbocycles. The van der Waals surface area contributed by atoms with Crippen LogP contribution in [0, 0.1) is 0 Å². The van der Waals surface area contributed by atoms with Crippen molar-refractivity contribution in [1.82, 2.24) is 15.0 Å². The van der Waals surface area contributed by atoms with Crippen molar-refractivity contribution in [3.05, 3.63) is 30.2 Å². The van der Waals surface area contributed by atoms with E-state index >= 15 is 0 Å². The van der Waals surface area contributed by atoms with Crippen molar-refractivity contribution in [2.24, 2.45) is 0 Å². The SMILES string of the molecule is CCCc1nc(NC)cc(-c2ccc[nH]2)n1. The molecule has 2 aromatic rings. The normalized spacial score (nSPS) is 10.4. The second kappa shape index (κ2) is 4.79. The summed E-state index contributed by atoms with van der Waals surface area (Å²) in [6.45, 7) is 2.13. The molecule has 2 N–H and O–H groups in total. The van der Waals surface area contributed by atoms with Gasteiger partial charge in [-0.1, -0.05) is 6.92 Å². The quantitative estimate of drug-likeness (QED) is 0.825. The molecule has 4 heteroatoms. The molecule has 0 unspecified atom stereocenters. The third kappa shape index (κ3) is 2.21. The van der Waals surface area contributed by atoms with Crippen LogP contribution in [0.25, 0.3) is 11.4 Å². The number of nitrogens with one attached hydrogen (secondary N) is 2. The average molecular weight is 216 g/mol. The number of rotatable bonds is 4. The van der Waals surface area contributed by atoms with Crippen molar-refractivity contribution in [2.75, 3.05) is 12.4 Å². The van der Waals surface area contributed by atoms with E-state index in [-0.39, 0.29) is 0 Å². The van der Waals surface area contributed by atoms with Crippen LogP contribution in [0.3, 0.4) is 0 Å². The van der Waals surface area contributed by atoms with Gasteiger partial charge in [0.05, 0.1) is 11.4 Å². The van der Waals surface area contributed by atoms with Crippen molar-refractivity contribution < 1.29 is 0 Å². The Morgan fingerprint density at radius 3 is 2.88 bits per heavy atom. The second-order valence-corrected chi connectivity index (χ2v) is 3.64. The Labute approximate surface area is 95.1 Å². The first-order valence-electron chi connectivity index (χ1n) is 5.53. The number of nitrogens with zero attached hydrogens (tertiary/aromatic N) is 2. The van der Waals surface area contributed by atoms with Crippen LogP contribution in [0.5, 0.6) is 0 Å². The number of hydrogen-bond donors (Lipinski definition) is 2. The minimum atomic E-state index is 0.864. The van der Waals surface area contributed by atoms with E-state index in [4.69, 9.17) is 0 Å². The molecule has 0 aliphatic rings. The van der Waals surface area contributed by atoms with E-state index in [1.54, 1.807) is 0 Å². The molecular formula is C12H16N4. The third-order valence-corrected chi connectivity index (χ3v) is 2.38. The largest absolute Gasteiger partial charge is 0.373 e. The number of anilines is 1. The van der Waals surface area contributed by atoms with Crippen molar-refractivity contribution in [3.63, 3.8) is 0 Å². The Kier molecular flexibility index (Phi) is 3.19. The lowest BCUT2D eigenvalue weighted by Crippen LogP contribution is -2.01. The van der Waals surface area contributed by atoms with Crippen LogP contribution >= 0.6 is 0 Å². The van der Waals surface area contributed by atoms with Crippen LogP contribution in [0.1, 0.15) is 19.2 Å². The van der Waals surface area contributed by atoms with Crippen molar-refractivity contribution in [1.29, 1.82) is 0 Å². The molecule has 0 aliphatic carbocycles. The summed E-state index contributed by atoms with van der Waals surface area (Å²) < 4.78 is 0. The summed E-state index contributed by atoms with van der Waals surface area (Å²) in [7, 11) is 1.87. The first-order valence-corrected chi connectivity index (χ1v) is 5.53. The molecule has 2 rings (SSSR count). The molecule has 0 fully saturated rings. The van der Waals surface area contributed by atoms with Gasteiger partial charge in [-0.3, -0.25) is 0 Å². The number of aryl methyl sites for hydroxylation is 1. The molecular weight excluding hydrogens is 200 g/mol.